The maximum atomic E-state index is 11.4. The lowest BCUT2D eigenvalue weighted by Gasteiger charge is -2.03. The van der Waals surface area contributed by atoms with Crippen LogP contribution in [0.2, 0.25) is 0 Å². The van der Waals surface area contributed by atoms with Gasteiger partial charge >= 0.3 is 0 Å². The Kier molecular flexibility index (Phi) is 3.59. The smallest absolute Gasteiger partial charge is 0.242 e. The molecule has 1 aromatic heterocycles. The number of hydrogen-bond acceptors (Lipinski definition) is 5. The topological polar surface area (TPSA) is 88.2 Å². The molecule has 6 heteroatoms. The van der Waals surface area contributed by atoms with E-state index in [1.807, 2.05) is 5.38 Å². The molecule has 0 saturated carbocycles. The molecule has 4 N–H and O–H groups in total. The minimum absolute atomic E-state index is 0.208. The van der Waals surface area contributed by atoms with E-state index in [9.17, 15) is 9.90 Å². The average Bonchev–Trinajstić information content (AvgIpc) is 2.78. The number of anilines is 1. The van der Waals surface area contributed by atoms with Crippen LogP contribution in [0.5, 0.6) is 5.75 Å². The summed E-state index contributed by atoms with van der Waals surface area (Å²) in [5.74, 6) is -0.0546. The molecule has 1 aromatic carbocycles. The first-order valence-corrected chi connectivity index (χ1v) is 6.25. The molecular weight excluding hydrogens is 250 g/mol. The zero-order valence-electron chi connectivity index (χ0n) is 9.75. The van der Waals surface area contributed by atoms with Crippen molar-refractivity contribution in [2.24, 2.45) is 5.73 Å². The first-order valence-electron chi connectivity index (χ1n) is 5.37. The summed E-state index contributed by atoms with van der Waals surface area (Å²) in [5.41, 5.74) is 7.09. The number of phenols is 1. The summed E-state index contributed by atoms with van der Waals surface area (Å²) in [6.07, 6.45) is 0. The minimum atomic E-state index is -0.564. The average molecular weight is 263 g/mol. The number of thiazole rings is 1. The van der Waals surface area contributed by atoms with Crippen LogP contribution in [0.3, 0.4) is 0 Å². The molecule has 1 heterocycles. The first kappa shape index (κ1) is 12.5. The highest BCUT2D eigenvalue weighted by molar-refractivity contribution is 7.14. The fourth-order valence-electron chi connectivity index (χ4n) is 1.32. The van der Waals surface area contributed by atoms with E-state index in [0.717, 1.165) is 11.3 Å². The summed E-state index contributed by atoms with van der Waals surface area (Å²) in [5, 5.41) is 14.2. The van der Waals surface area contributed by atoms with Crippen molar-refractivity contribution in [3.63, 3.8) is 0 Å². The van der Waals surface area contributed by atoms with Crippen LogP contribution in [0.1, 0.15) is 6.92 Å². The maximum absolute atomic E-state index is 11.4. The molecule has 1 amide bonds. The van der Waals surface area contributed by atoms with E-state index in [1.54, 1.807) is 31.2 Å². The predicted octanol–water partition coefficient (Wildman–Crippen LogP) is 1.80. The summed E-state index contributed by atoms with van der Waals surface area (Å²) in [6.45, 7) is 1.61. The second kappa shape index (κ2) is 5.16. The number of aromatic nitrogens is 1. The Morgan fingerprint density at radius 3 is 2.72 bits per heavy atom. The summed E-state index contributed by atoms with van der Waals surface area (Å²) >= 11 is 1.33. The van der Waals surface area contributed by atoms with Gasteiger partial charge in [-0.1, -0.05) is 0 Å². The molecule has 94 valence electrons. The van der Waals surface area contributed by atoms with Crippen LogP contribution in [0.25, 0.3) is 11.3 Å². The van der Waals surface area contributed by atoms with Gasteiger partial charge in [0.25, 0.3) is 0 Å². The normalized spacial score (nSPS) is 12.1. The van der Waals surface area contributed by atoms with Gasteiger partial charge in [-0.25, -0.2) is 4.98 Å². The second-order valence-electron chi connectivity index (χ2n) is 3.86. The van der Waals surface area contributed by atoms with Gasteiger partial charge in [0.15, 0.2) is 5.13 Å². The second-order valence-corrected chi connectivity index (χ2v) is 4.72. The maximum Gasteiger partial charge on any atom is 0.242 e. The van der Waals surface area contributed by atoms with E-state index < -0.39 is 6.04 Å². The van der Waals surface area contributed by atoms with E-state index in [4.69, 9.17) is 5.73 Å². The molecule has 0 aliphatic heterocycles. The predicted molar refractivity (Wildman–Crippen MR) is 71.5 cm³/mol. The SMILES string of the molecule is CC(N)C(=O)Nc1nc(-c2ccc(O)cc2)cs1. The zero-order valence-corrected chi connectivity index (χ0v) is 10.6. The van der Waals surface area contributed by atoms with Gasteiger partial charge in [0.1, 0.15) is 5.75 Å². The van der Waals surface area contributed by atoms with Crippen LogP contribution < -0.4 is 11.1 Å². The molecule has 0 saturated heterocycles. The molecule has 0 aliphatic rings. The number of rotatable bonds is 3. The number of phenolic OH excluding ortho intramolecular Hbond substituents is 1. The molecule has 2 rings (SSSR count). The van der Waals surface area contributed by atoms with E-state index >= 15 is 0 Å². The lowest BCUT2D eigenvalue weighted by atomic mass is 10.2. The van der Waals surface area contributed by atoms with Crippen molar-refractivity contribution in [1.29, 1.82) is 0 Å². The number of amides is 1. The first-order chi connectivity index (χ1) is 8.56. The summed E-state index contributed by atoms with van der Waals surface area (Å²) in [6, 6.07) is 6.15. The largest absolute Gasteiger partial charge is 0.508 e. The van der Waals surface area contributed by atoms with Crippen molar-refractivity contribution in [3.8, 4) is 17.0 Å². The quantitative estimate of drug-likeness (QED) is 0.788. The van der Waals surface area contributed by atoms with Gasteiger partial charge in [0, 0.05) is 10.9 Å². The molecule has 0 bridgehead atoms. The number of benzene rings is 1. The molecule has 5 nitrogen and oxygen atoms in total. The van der Waals surface area contributed by atoms with Gasteiger partial charge < -0.3 is 16.2 Å². The van der Waals surface area contributed by atoms with Gasteiger partial charge in [-0.2, -0.15) is 0 Å². The van der Waals surface area contributed by atoms with Gasteiger partial charge in [-0.3, -0.25) is 4.79 Å². The van der Waals surface area contributed by atoms with E-state index in [2.05, 4.69) is 10.3 Å². The molecule has 18 heavy (non-hydrogen) atoms. The van der Waals surface area contributed by atoms with Crippen molar-refractivity contribution >= 4 is 22.4 Å². The van der Waals surface area contributed by atoms with Crippen LogP contribution >= 0.6 is 11.3 Å². The number of hydrogen-bond donors (Lipinski definition) is 3. The third-order valence-electron chi connectivity index (χ3n) is 2.31. The van der Waals surface area contributed by atoms with Crippen molar-refractivity contribution in [3.05, 3.63) is 29.6 Å². The molecule has 1 atom stereocenters. The van der Waals surface area contributed by atoms with Crippen LogP contribution in [-0.2, 0) is 4.79 Å². The Morgan fingerprint density at radius 1 is 1.44 bits per heavy atom. The van der Waals surface area contributed by atoms with Crippen molar-refractivity contribution < 1.29 is 9.90 Å². The van der Waals surface area contributed by atoms with Gasteiger partial charge in [0.2, 0.25) is 5.91 Å². The monoisotopic (exact) mass is 263 g/mol. The highest BCUT2D eigenvalue weighted by Gasteiger charge is 2.10. The van der Waals surface area contributed by atoms with Crippen LogP contribution in [0.15, 0.2) is 29.6 Å². The standard InChI is InChI=1S/C12H13N3O2S/c1-7(13)11(17)15-12-14-10(6-18-12)8-2-4-9(16)5-3-8/h2-7,16H,13H2,1H3,(H,14,15,17). The van der Waals surface area contributed by atoms with Gasteiger partial charge in [-0.05, 0) is 31.2 Å². The third-order valence-corrected chi connectivity index (χ3v) is 3.07. The molecule has 2 aromatic rings. The van der Waals surface area contributed by atoms with E-state index in [-0.39, 0.29) is 11.7 Å². The number of aromatic hydroxyl groups is 1. The number of nitrogens with zero attached hydrogens (tertiary/aromatic N) is 1. The fourth-order valence-corrected chi connectivity index (χ4v) is 2.04. The van der Waals surface area contributed by atoms with Crippen molar-refractivity contribution in [2.45, 2.75) is 13.0 Å². The minimum Gasteiger partial charge on any atom is -0.508 e. The number of carbonyl (C=O) groups is 1. The highest BCUT2D eigenvalue weighted by Crippen LogP contribution is 2.26. The molecular formula is C12H13N3O2S. The van der Waals surface area contributed by atoms with E-state index in [1.165, 1.54) is 11.3 Å². The van der Waals surface area contributed by atoms with E-state index in [0.29, 0.717) is 5.13 Å². The lowest BCUT2D eigenvalue weighted by Crippen LogP contribution is -2.32. The van der Waals surface area contributed by atoms with Crippen LogP contribution in [-0.4, -0.2) is 22.0 Å². The zero-order chi connectivity index (χ0) is 13.1. The van der Waals surface area contributed by atoms with Crippen LogP contribution in [0, 0.1) is 0 Å². The van der Waals surface area contributed by atoms with Crippen LogP contribution in [0.4, 0.5) is 5.13 Å². The Hall–Kier alpha value is -1.92. The molecule has 0 radical (unpaired) electrons. The summed E-state index contributed by atoms with van der Waals surface area (Å²) in [7, 11) is 0. The number of carbonyl (C=O) groups excluding carboxylic acids is 1. The van der Waals surface area contributed by atoms with Gasteiger partial charge in [0.05, 0.1) is 11.7 Å². The summed E-state index contributed by atoms with van der Waals surface area (Å²) < 4.78 is 0. The number of nitrogens with two attached hydrogens (primary N) is 1. The molecule has 1 unspecified atom stereocenters. The van der Waals surface area contributed by atoms with Crippen molar-refractivity contribution in [2.75, 3.05) is 5.32 Å². The Labute approximate surface area is 108 Å². The fraction of sp³-hybridized carbons (Fsp3) is 0.167. The van der Waals surface area contributed by atoms with Gasteiger partial charge in [-0.15, -0.1) is 11.3 Å². The molecule has 0 fully saturated rings. The molecule has 0 spiro atoms. The Balaban J connectivity index is 2.15. The highest BCUT2D eigenvalue weighted by atomic mass is 32.1. The molecule has 0 aliphatic carbocycles. The Bertz CT molecular complexity index is 549. The number of nitrogens with one attached hydrogen (secondary N) is 1. The van der Waals surface area contributed by atoms with Crippen molar-refractivity contribution in [1.82, 2.24) is 4.98 Å². The lowest BCUT2D eigenvalue weighted by molar-refractivity contribution is -0.117. The Morgan fingerprint density at radius 2 is 2.11 bits per heavy atom. The third kappa shape index (κ3) is 2.85. The summed E-state index contributed by atoms with van der Waals surface area (Å²) in [4.78, 5) is 15.7.